The van der Waals surface area contributed by atoms with Crippen LogP contribution in [0.3, 0.4) is 0 Å². The van der Waals surface area contributed by atoms with E-state index in [2.05, 4.69) is 0 Å². The summed E-state index contributed by atoms with van der Waals surface area (Å²) >= 11 is 1.29. The average Bonchev–Trinajstić information content (AvgIpc) is 3.43. The Kier molecular flexibility index (Phi) is 6.18. The second-order valence-electron chi connectivity index (χ2n) is 8.03. The number of sulfonamides is 1. The number of piperidine rings is 1. The van der Waals surface area contributed by atoms with E-state index in [0.29, 0.717) is 23.7 Å². The minimum Gasteiger partial charge on any atom is -0.497 e. The molecule has 0 N–H and O–H groups in total. The van der Waals surface area contributed by atoms with Gasteiger partial charge in [-0.05, 0) is 62.4 Å². The Morgan fingerprint density at radius 3 is 2.67 bits per heavy atom. The van der Waals surface area contributed by atoms with Gasteiger partial charge in [0.2, 0.25) is 5.91 Å². The lowest BCUT2D eigenvalue weighted by Gasteiger charge is -2.35. The van der Waals surface area contributed by atoms with E-state index in [4.69, 9.17) is 4.74 Å². The molecule has 8 heteroatoms. The van der Waals surface area contributed by atoms with Gasteiger partial charge in [-0.3, -0.25) is 4.79 Å². The van der Waals surface area contributed by atoms with Gasteiger partial charge in [0.05, 0.1) is 19.1 Å². The fourth-order valence-corrected chi connectivity index (χ4v) is 7.46. The first kappa shape index (κ1) is 21.3. The molecule has 0 radical (unpaired) electrons. The number of likely N-dealkylation sites (tertiary alicyclic amines) is 1. The summed E-state index contributed by atoms with van der Waals surface area (Å²) in [7, 11) is -1.90. The topological polar surface area (TPSA) is 66.9 Å². The van der Waals surface area contributed by atoms with Crippen molar-refractivity contribution in [3.63, 3.8) is 0 Å². The normalized spacial score (nSPS) is 22.9. The van der Waals surface area contributed by atoms with Gasteiger partial charge in [0.15, 0.2) is 0 Å². The van der Waals surface area contributed by atoms with Gasteiger partial charge >= 0.3 is 0 Å². The predicted octanol–water partition coefficient (Wildman–Crippen LogP) is 3.83. The number of carbonyl (C=O) groups is 1. The summed E-state index contributed by atoms with van der Waals surface area (Å²) in [6.07, 6.45) is 3.31. The minimum absolute atomic E-state index is 0.0273. The third-order valence-electron chi connectivity index (χ3n) is 6.06. The number of aryl methyl sites for hydroxylation is 1. The van der Waals surface area contributed by atoms with Crippen LogP contribution >= 0.6 is 11.3 Å². The van der Waals surface area contributed by atoms with Crippen molar-refractivity contribution in [3.8, 4) is 5.75 Å². The first-order valence-corrected chi connectivity index (χ1v) is 12.7. The number of nitrogens with zero attached hydrogens (tertiary/aromatic N) is 2. The Balaban J connectivity index is 1.51. The van der Waals surface area contributed by atoms with Crippen LogP contribution < -0.4 is 4.74 Å². The molecule has 0 bridgehead atoms. The molecule has 0 aliphatic carbocycles. The molecular formula is C22H28N2O4S2. The molecule has 0 spiro atoms. The average molecular weight is 449 g/mol. The summed E-state index contributed by atoms with van der Waals surface area (Å²) in [6, 6.07) is 11.4. The van der Waals surface area contributed by atoms with Crippen molar-refractivity contribution in [3.05, 3.63) is 46.8 Å². The maximum Gasteiger partial charge on any atom is 0.252 e. The number of hydrogen-bond donors (Lipinski definition) is 0. The standard InChI is InChI=1S/C22H28N2O4S2/c1-16-10-11-21(29-16)30(26,27)23-12-4-7-18(15-23)22(25)24-13-5-9-20(24)17-6-3-8-19(14-17)28-2/h3,6,8,10-11,14,18,20H,4-5,7,9,12-13,15H2,1-2H3. The third kappa shape index (κ3) is 4.13. The van der Waals surface area contributed by atoms with Crippen LogP contribution in [0.15, 0.2) is 40.6 Å². The number of ether oxygens (including phenoxy) is 1. The molecule has 2 aromatic rings. The molecule has 1 aromatic carbocycles. The number of thiophene rings is 1. The van der Waals surface area contributed by atoms with Crippen LogP contribution in [-0.4, -0.2) is 50.3 Å². The molecule has 3 heterocycles. The Morgan fingerprint density at radius 1 is 1.13 bits per heavy atom. The molecule has 0 saturated carbocycles. The van der Waals surface area contributed by atoms with E-state index in [0.717, 1.165) is 35.5 Å². The third-order valence-corrected chi connectivity index (χ3v) is 9.39. The van der Waals surface area contributed by atoms with E-state index < -0.39 is 10.0 Å². The van der Waals surface area contributed by atoms with Crippen molar-refractivity contribution in [2.75, 3.05) is 26.7 Å². The number of hydrogen-bond acceptors (Lipinski definition) is 5. The zero-order valence-electron chi connectivity index (χ0n) is 17.4. The van der Waals surface area contributed by atoms with Crippen LogP contribution in [0.2, 0.25) is 0 Å². The van der Waals surface area contributed by atoms with Crippen LogP contribution in [-0.2, 0) is 14.8 Å². The van der Waals surface area contributed by atoms with Crippen molar-refractivity contribution in [1.82, 2.24) is 9.21 Å². The molecule has 30 heavy (non-hydrogen) atoms. The quantitative estimate of drug-likeness (QED) is 0.697. The summed E-state index contributed by atoms with van der Waals surface area (Å²) < 4.78 is 33.3. The largest absolute Gasteiger partial charge is 0.497 e. The van der Waals surface area contributed by atoms with Gasteiger partial charge in [-0.2, -0.15) is 4.31 Å². The highest BCUT2D eigenvalue weighted by Crippen LogP contribution is 2.36. The maximum atomic E-state index is 13.4. The van der Waals surface area contributed by atoms with Crippen LogP contribution in [0.1, 0.15) is 42.2 Å². The van der Waals surface area contributed by atoms with Crippen molar-refractivity contribution in [1.29, 1.82) is 0 Å². The van der Waals surface area contributed by atoms with Gasteiger partial charge in [-0.25, -0.2) is 8.42 Å². The summed E-state index contributed by atoms with van der Waals surface area (Å²) in [6.45, 7) is 3.36. The number of rotatable bonds is 5. The van der Waals surface area contributed by atoms with E-state index in [1.54, 1.807) is 13.2 Å². The summed E-state index contributed by atoms with van der Waals surface area (Å²) in [5, 5.41) is 0. The molecule has 162 valence electrons. The number of benzene rings is 1. The van der Waals surface area contributed by atoms with Crippen molar-refractivity contribution < 1.29 is 17.9 Å². The highest BCUT2D eigenvalue weighted by atomic mass is 32.2. The number of carbonyl (C=O) groups excluding carboxylic acids is 1. The smallest absolute Gasteiger partial charge is 0.252 e. The van der Waals surface area contributed by atoms with Gasteiger partial charge in [0.25, 0.3) is 10.0 Å². The van der Waals surface area contributed by atoms with Gasteiger partial charge in [-0.1, -0.05) is 12.1 Å². The first-order chi connectivity index (χ1) is 14.4. The SMILES string of the molecule is COc1cccc(C2CCCN2C(=O)C2CCCN(S(=O)(=O)c3ccc(C)s3)C2)c1. The van der Waals surface area contributed by atoms with Crippen molar-refractivity contribution in [2.45, 2.75) is 42.9 Å². The van der Waals surface area contributed by atoms with E-state index in [1.807, 2.05) is 42.2 Å². The Hall–Kier alpha value is -1.90. The summed E-state index contributed by atoms with van der Waals surface area (Å²) in [4.78, 5) is 16.3. The molecular weight excluding hydrogens is 420 g/mol. The highest BCUT2D eigenvalue weighted by molar-refractivity contribution is 7.91. The molecule has 2 unspecified atom stereocenters. The van der Waals surface area contributed by atoms with E-state index >= 15 is 0 Å². The van der Waals surface area contributed by atoms with Gasteiger partial charge < -0.3 is 9.64 Å². The maximum absolute atomic E-state index is 13.4. The summed E-state index contributed by atoms with van der Waals surface area (Å²) in [5.74, 6) is 0.566. The molecule has 2 aliphatic heterocycles. The van der Waals surface area contributed by atoms with Crippen LogP contribution in [0.5, 0.6) is 5.75 Å². The fraction of sp³-hybridized carbons (Fsp3) is 0.500. The van der Waals surface area contributed by atoms with Gasteiger partial charge in [0, 0.05) is 24.5 Å². The van der Waals surface area contributed by atoms with E-state index in [1.165, 1.54) is 15.6 Å². The van der Waals surface area contributed by atoms with Crippen LogP contribution in [0.25, 0.3) is 0 Å². The molecule has 2 saturated heterocycles. The second kappa shape index (κ2) is 8.69. The number of amides is 1. The van der Waals surface area contributed by atoms with Gasteiger partial charge in [-0.15, -0.1) is 11.3 Å². The molecule has 2 atom stereocenters. The Bertz CT molecular complexity index is 1020. The molecule has 2 fully saturated rings. The zero-order valence-corrected chi connectivity index (χ0v) is 19.0. The van der Waals surface area contributed by atoms with Crippen LogP contribution in [0, 0.1) is 12.8 Å². The molecule has 2 aliphatic rings. The van der Waals surface area contributed by atoms with Crippen molar-refractivity contribution in [2.24, 2.45) is 5.92 Å². The number of methoxy groups -OCH3 is 1. The molecule has 4 rings (SSSR count). The van der Waals surface area contributed by atoms with Crippen LogP contribution in [0.4, 0.5) is 0 Å². The monoisotopic (exact) mass is 448 g/mol. The lowest BCUT2D eigenvalue weighted by Crippen LogP contribution is -2.46. The second-order valence-corrected chi connectivity index (χ2v) is 11.5. The Labute approximate surface area is 182 Å². The predicted molar refractivity (Wildman–Crippen MR) is 117 cm³/mol. The lowest BCUT2D eigenvalue weighted by molar-refractivity contribution is -0.137. The van der Waals surface area contributed by atoms with E-state index in [9.17, 15) is 13.2 Å². The fourth-order valence-electron chi connectivity index (χ4n) is 4.50. The molecule has 1 aromatic heterocycles. The molecule has 1 amide bonds. The summed E-state index contributed by atoms with van der Waals surface area (Å²) in [5.41, 5.74) is 1.08. The van der Waals surface area contributed by atoms with Gasteiger partial charge in [0.1, 0.15) is 9.96 Å². The first-order valence-electron chi connectivity index (χ1n) is 10.4. The van der Waals surface area contributed by atoms with E-state index in [-0.39, 0.29) is 24.4 Å². The minimum atomic E-state index is -3.54. The molecule has 6 nitrogen and oxygen atoms in total. The highest BCUT2D eigenvalue weighted by Gasteiger charge is 2.39. The lowest BCUT2D eigenvalue weighted by atomic mass is 9.96. The van der Waals surface area contributed by atoms with Crippen molar-refractivity contribution >= 4 is 27.3 Å². The zero-order chi connectivity index (χ0) is 21.3. The Morgan fingerprint density at radius 2 is 1.93 bits per heavy atom.